The Labute approximate surface area is 137 Å². The van der Waals surface area contributed by atoms with Crippen molar-refractivity contribution in [1.82, 2.24) is 10.2 Å². The lowest BCUT2D eigenvalue weighted by molar-refractivity contribution is -0.148. The molecule has 1 aromatic rings. The summed E-state index contributed by atoms with van der Waals surface area (Å²) in [7, 11) is 0. The van der Waals surface area contributed by atoms with E-state index in [1.54, 1.807) is 18.7 Å². The van der Waals surface area contributed by atoms with Gasteiger partial charge in [-0.3, -0.25) is 9.59 Å². The number of nitrogens with one attached hydrogen (secondary N) is 1. The van der Waals surface area contributed by atoms with E-state index in [1.165, 1.54) is 0 Å². The van der Waals surface area contributed by atoms with Gasteiger partial charge in [0.1, 0.15) is 5.41 Å². The first-order valence-corrected chi connectivity index (χ1v) is 8.02. The molecule has 1 N–H and O–H groups in total. The molecule has 0 unspecified atom stereocenters. The molecule has 0 saturated carbocycles. The maximum atomic E-state index is 12.4. The van der Waals surface area contributed by atoms with Crippen molar-refractivity contribution in [2.45, 2.75) is 34.1 Å². The minimum atomic E-state index is -1.05. The highest BCUT2D eigenvalue weighted by Crippen LogP contribution is 2.19. The summed E-state index contributed by atoms with van der Waals surface area (Å²) in [5, 5.41) is 3.54. The van der Waals surface area contributed by atoms with E-state index in [0.717, 1.165) is 5.56 Å². The molecule has 0 aromatic heterocycles. The number of carbonyl (C=O) groups is 2. The molecule has 5 heteroatoms. The van der Waals surface area contributed by atoms with Crippen LogP contribution in [0.1, 0.15) is 33.3 Å². The second kappa shape index (κ2) is 8.18. The standard InChI is InChI=1S/C17H25ClN2O2/c1-5-20(6-2)16(22)17(3,4)15(21)19-12-11-13-7-9-14(18)10-8-13/h7-10H,5-6,11-12H2,1-4H3,(H,19,21). The summed E-state index contributed by atoms with van der Waals surface area (Å²) < 4.78 is 0. The minimum absolute atomic E-state index is 0.138. The van der Waals surface area contributed by atoms with Crippen LogP contribution in [0, 0.1) is 5.41 Å². The molecule has 0 bridgehead atoms. The van der Waals surface area contributed by atoms with Crippen molar-refractivity contribution in [3.05, 3.63) is 34.9 Å². The Morgan fingerprint density at radius 3 is 2.18 bits per heavy atom. The van der Waals surface area contributed by atoms with E-state index in [-0.39, 0.29) is 11.8 Å². The summed E-state index contributed by atoms with van der Waals surface area (Å²) in [6.07, 6.45) is 0.707. The van der Waals surface area contributed by atoms with Crippen molar-refractivity contribution in [3.63, 3.8) is 0 Å². The molecule has 0 aliphatic heterocycles. The van der Waals surface area contributed by atoms with Gasteiger partial charge >= 0.3 is 0 Å². The molecule has 2 amide bonds. The number of hydrogen-bond acceptors (Lipinski definition) is 2. The van der Waals surface area contributed by atoms with Gasteiger partial charge in [0.25, 0.3) is 0 Å². The van der Waals surface area contributed by atoms with Gasteiger partial charge in [-0.15, -0.1) is 0 Å². The number of nitrogens with zero attached hydrogens (tertiary/aromatic N) is 1. The van der Waals surface area contributed by atoms with E-state index in [0.29, 0.717) is 31.1 Å². The van der Waals surface area contributed by atoms with Crippen LogP contribution < -0.4 is 5.32 Å². The predicted molar refractivity (Wildman–Crippen MR) is 89.9 cm³/mol. The fourth-order valence-corrected chi connectivity index (χ4v) is 2.32. The topological polar surface area (TPSA) is 49.4 Å². The Bertz CT molecular complexity index is 508. The molecule has 0 aliphatic rings. The molecule has 122 valence electrons. The van der Waals surface area contributed by atoms with E-state index in [4.69, 9.17) is 11.6 Å². The van der Waals surface area contributed by atoms with Crippen molar-refractivity contribution in [3.8, 4) is 0 Å². The normalized spacial score (nSPS) is 11.1. The first-order valence-electron chi connectivity index (χ1n) is 7.65. The van der Waals surface area contributed by atoms with E-state index in [1.807, 2.05) is 38.1 Å². The Morgan fingerprint density at radius 1 is 1.14 bits per heavy atom. The highest BCUT2D eigenvalue weighted by molar-refractivity contribution is 6.30. The van der Waals surface area contributed by atoms with Gasteiger partial charge < -0.3 is 10.2 Å². The van der Waals surface area contributed by atoms with Gasteiger partial charge in [-0.1, -0.05) is 23.7 Å². The monoisotopic (exact) mass is 324 g/mol. The van der Waals surface area contributed by atoms with Crippen LogP contribution >= 0.6 is 11.6 Å². The van der Waals surface area contributed by atoms with Gasteiger partial charge in [-0.05, 0) is 51.8 Å². The van der Waals surface area contributed by atoms with Gasteiger partial charge in [0.2, 0.25) is 11.8 Å². The third-order valence-corrected chi connectivity index (χ3v) is 4.02. The van der Waals surface area contributed by atoms with Crippen molar-refractivity contribution in [1.29, 1.82) is 0 Å². The van der Waals surface area contributed by atoms with Crippen LogP contribution in [0.3, 0.4) is 0 Å². The summed E-state index contributed by atoms with van der Waals surface area (Å²) in [5.41, 5.74) is 0.0454. The van der Waals surface area contributed by atoms with Gasteiger partial charge in [-0.25, -0.2) is 0 Å². The average molecular weight is 325 g/mol. The average Bonchev–Trinajstić information content (AvgIpc) is 2.50. The molecule has 0 heterocycles. The van der Waals surface area contributed by atoms with Crippen molar-refractivity contribution < 1.29 is 9.59 Å². The lowest BCUT2D eigenvalue weighted by Gasteiger charge is -2.29. The van der Waals surface area contributed by atoms with Gasteiger partial charge in [-0.2, -0.15) is 0 Å². The molecule has 1 aromatic carbocycles. The summed E-state index contributed by atoms with van der Waals surface area (Å²) in [5.74, 6) is -0.375. The van der Waals surface area contributed by atoms with Crippen LogP contribution in [0.15, 0.2) is 24.3 Å². The lowest BCUT2D eigenvalue weighted by Crippen LogP contribution is -2.49. The van der Waals surface area contributed by atoms with Crippen LogP contribution in [-0.2, 0) is 16.0 Å². The third-order valence-electron chi connectivity index (χ3n) is 3.77. The summed E-state index contributed by atoms with van der Waals surface area (Å²) in [4.78, 5) is 26.4. The van der Waals surface area contributed by atoms with Crippen LogP contribution in [-0.4, -0.2) is 36.3 Å². The Balaban J connectivity index is 2.56. The van der Waals surface area contributed by atoms with Gasteiger partial charge in [0.15, 0.2) is 0 Å². The lowest BCUT2D eigenvalue weighted by atomic mass is 9.90. The van der Waals surface area contributed by atoms with Crippen LogP contribution in [0.4, 0.5) is 0 Å². The quantitative estimate of drug-likeness (QED) is 0.784. The molecule has 1 rings (SSSR count). The van der Waals surface area contributed by atoms with Crippen LogP contribution in [0.25, 0.3) is 0 Å². The number of rotatable bonds is 7. The summed E-state index contributed by atoms with van der Waals surface area (Å²) in [6.45, 7) is 8.88. The number of amides is 2. The Kier molecular flexibility index (Phi) is 6.88. The minimum Gasteiger partial charge on any atom is -0.355 e. The Morgan fingerprint density at radius 2 is 1.68 bits per heavy atom. The van der Waals surface area contributed by atoms with Crippen LogP contribution in [0.5, 0.6) is 0 Å². The van der Waals surface area contributed by atoms with Crippen molar-refractivity contribution >= 4 is 23.4 Å². The van der Waals surface area contributed by atoms with Crippen molar-refractivity contribution in [2.75, 3.05) is 19.6 Å². The number of hydrogen-bond donors (Lipinski definition) is 1. The number of carbonyl (C=O) groups excluding carboxylic acids is 2. The number of benzene rings is 1. The molecule has 22 heavy (non-hydrogen) atoms. The summed E-state index contributed by atoms with van der Waals surface area (Å²) >= 11 is 5.84. The maximum absolute atomic E-state index is 12.4. The highest BCUT2D eigenvalue weighted by atomic mass is 35.5. The molecule has 0 fully saturated rings. The second-order valence-electron chi connectivity index (χ2n) is 5.73. The summed E-state index contributed by atoms with van der Waals surface area (Å²) in [6, 6.07) is 7.51. The first-order chi connectivity index (χ1) is 10.3. The van der Waals surface area contributed by atoms with E-state index >= 15 is 0 Å². The van der Waals surface area contributed by atoms with Gasteiger partial charge in [0, 0.05) is 24.7 Å². The second-order valence-corrected chi connectivity index (χ2v) is 6.17. The zero-order valence-electron chi connectivity index (χ0n) is 13.8. The van der Waals surface area contributed by atoms with Crippen molar-refractivity contribution in [2.24, 2.45) is 5.41 Å². The van der Waals surface area contributed by atoms with E-state index in [2.05, 4.69) is 5.32 Å². The predicted octanol–water partition coefficient (Wildman–Crippen LogP) is 2.89. The maximum Gasteiger partial charge on any atom is 0.237 e. The molecule has 0 spiro atoms. The molecular weight excluding hydrogens is 300 g/mol. The SMILES string of the molecule is CCN(CC)C(=O)C(C)(C)C(=O)NCCc1ccc(Cl)cc1. The molecule has 0 atom stereocenters. The fraction of sp³-hybridized carbons (Fsp3) is 0.529. The largest absolute Gasteiger partial charge is 0.355 e. The molecule has 0 saturated heterocycles. The fourth-order valence-electron chi connectivity index (χ4n) is 2.20. The van der Waals surface area contributed by atoms with Crippen LogP contribution in [0.2, 0.25) is 5.02 Å². The zero-order valence-corrected chi connectivity index (χ0v) is 14.5. The Hall–Kier alpha value is -1.55. The highest BCUT2D eigenvalue weighted by Gasteiger charge is 2.38. The molecular formula is C17H25ClN2O2. The van der Waals surface area contributed by atoms with E-state index in [9.17, 15) is 9.59 Å². The zero-order chi connectivity index (χ0) is 16.8. The van der Waals surface area contributed by atoms with Gasteiger partial charge in [0.05, 0.1) is 0 Å². The molecule has 0 aliphatic carbocycles. The smallest absolute Gasteiger partial charge is 0.237 e. The first kappa shape index (κ1) is 18.5. The molecule has 0 radical (unpaired) electrons. The van der Waals surface area contributed by atoms with E-state index < -0.39 is 5.41 Å². The third kappa shape index (κ3) is 4.73. The number of halogens is 1. The molecule has 4 nitrogen and oxygen atoms in total.